The number of aromatic nitrogens is 1. The number of anilines is 1. The average Bonchev–Trinajstić information content (AvgIpc) is 3.69. The predicted octanol–water partition coefficient (Wildman–Crippen LogP) is 6.44. The molecule has 13 heteroatoms. The van der Waals surface area contributed by atoms with E-state index in [9.17, 15) is 18.0 Å². The van der Waals surface area contributed by atoms with Crippen molar-refractivity contribution in [3.05, 3.63) is 65.3 Å². The molecule has 11 nitrogen and oxygen atoms in total. The Balaban J connectivity index is 1.24. The van der Waals surface area contributed by atoms with E-state index in [1.165, 1.54) is 17.4 Å². The third kappa shape index (κ3) is 9.55. The van der Waals surface area contributed by atoms with Crippen LogP contribution in [0.2, 0.25) is 0 Å². The van der Waals surface area contributed by atoms with Crippen molar-refractivity contribution >= 4 is 39.2 Å². The van der Waals surface area contributed by atoms with Crippen LogP contribution in [-0.4, -0.2) is 67.7 Å². The molecule has 2 atom stereocenters. The Morgan fingerprint density at radius 1 is 1.06 bits per heavy atom. The Labute approximate surface area is 288 Å². The third-order valence-electron chi connectivity index (χ3n) is 8.86. The van der Waals surface area contributed by atoms with Crippen LogP contribution in [0.15, 0.2) is 59.6 Å². The molecular formula is C35H48N6O5S2. The number of nitrogens with one attached hydrogen (secondary N) is 4. The van der Waals surface area contributed by atoms with Crippen LogP contribution >= 0.6 is 11.3 Å². The van der Waals surface area contributed by atoms with E-state index >= 15 is 0 Å². The molecule has 3 amide bonds. The zero-order chi connectivity index (χ0) is 34.5. The quantitative estimate of drug-likeness (QED) is 0.191. The first-order valence-electron chi connectivity index (χ1n) is 16.7. The van der Waals surface area contributed by atoms with E-state index in [0.717, 1.165) is 60.5 Å². The number of likely N-dealkylation sites (N-methyl/N-ethyl adjacent to an activating group) is 1. The highest BCUT2D eigenvalue weighted by Gasteiger charge is 2.31. The summed E-state index contributed by atoms with van der Waals surface area (Å²) < 4.78 is 35.8. The van der Waals surface area contributed by atoms with Gasteiger partial charge in [0.15, 0.2) is 0 Å². The largest absolute Gasteiger partial charge is 0.445 e. The van der Waals surface area contributed by atoms with Crippen molar-refractivity contribution < 1.29 is 22.7 Å². The van der Waals surface area contributed by atoms with Crippen LogP contribution in [0.3, 0.4) is 0 Å². The Morgan fingerprint density at radius 3 is 2.46 bits per heavy atom. The highest BCUT2D eigenvalue weighted by Crippen LogP contribution is 2.40. The van der Waals surface area contributed by atoms with Gasteiger partial charge in [-0.25, -0.2) is 27.7 Å². The van der Waals surface area contributed by atoms with E-state index < -0.39 is 21.6 Å². The fraction of sp³-hybridized carbons (Fsp3) is 0.514. The van der Waals surface area contributed by atoms with Gasteiger partial charge in [-0.2, -0.15) is 0 Å². The first-order chi connectivity index (χ1) is 22.8. The summed E-state index contributed by atoms with van der Waals surface area (Å²) in [6.07, 6.45) is 6.73. The number of nitrogens with zero attached hydrogens (tertiary/aromatic N) is 2. The molecule has 2 heterocycles. The van der Waals surface area contributed by atoms with Gasteiger partial charge in [0.2, 0.25) is 10.0 Å². The van der Waals surface area contributed by atoms with Crippen molar-refractivity contribution in [2.45, 2.75) is 107 Å². The molecule has 2 fully saturated rings. The molecule has 48 heavy (non-hydrogen) atoms. The molecule has 0 bridgehead atoms. The lowest BCUT2D eigenvalue weighted by atomic mass is 9.86. The standard InChI is InChI=1S/C35H48N6O5S2/c1-23(29-12-9-19-41(29)5)46-34(43)39-26-15-13-25(14-16-26)32-36-22-30(47-32)28-18-17-27(20-31(28)48(44,45)40-35(2,3)4)38-33(42)37-21-24-10-7-6-8-11-24/h6-8,10-11,17-18,20,22-23,25-26,29,40H,9,12-16,19,21H2,1-5H3,(H,39,43)(H2,37,38,42)/t23-,25?,26?,29+/m1/s1. The lowest BCUT2D eigenvalue weighted by Gasteiger charge is -2.30. The van der Waals surface area contributed by atoms with Gasteiger partial charge in [0.05, 0.1) is 14.8 Å². The Bertz CT molecular complexity index is 1670. The van der Waals surface area contributed by atoms with Crippen LogP contribution in [-0.2, 0) is 21.3 Å². The number of carbonyl (C=O) groups is 2. The summed E-state index contributed by atoms with van der Waals surface area (Å²) >= 11 is 1.48. The normalized spacial score (nSPS) is 21.0. The fourth-order valence-electron chi connectivity index (χ4n) is 6.50. The van der Waals surface area contributed by atoms with Crippen LogP contribution in [0.1, 0.15) is 82.7 Å². The first kappa shape index (κ1) is 35.8. The van der Waals surface area contributed by atoms with Crippen LogP contribution < -0.4 is 20.7 Å². The topological polar surface area (TPSA) is 142 Å². The smallest absolute Gasteiger partial charge is 0.407 e. The minimum absolute atomic E-state index is 0.0480. The summed E-state index contributed by atoms with van der Waals surface area (Å²) in [5, 5.41) is 9.59. The van der Waals surface area contributed by atoms with Crippen LogP contribution in [0.5, 0.6) is 0 Å². The maximum absolute atomic E-state index is 13.7. The van der Waals surface area contributed by atoms with E-state index in [0.29, 0.717) is 17.8 Å². The number of sulfonamides is 1. The second-order valence-corrected chi connectivity index (χ2v) is 16.6. The molecule has 0 unspecified atom stereocenters. The number of ether oxygens (including phenoxy) is 1. The fourth-order valence-corrected chi connectivity index (χ4v) is 9.36. The average molecular weight is 697 g/mol. The molecule has 1 aliphatic heterocycles. The summed E-state index contributed by atoms with van der Waals surface area (Å²) in [4.78, 5) is 33.1. The second kappa shape index (κ2) is 15.4. The van der Waals surface area contributed by atoms with Gasteiger partial charge in [-0.15, -0.1) is 11.3 Å². The molecule has 4 N–H and O–H groups in total. The van der Waals surface area contributed by atoms with E-state index in [-0.39, 0.29) is 35.1 Å². The van der Waals surface area contributed by atoms with Gasteiger partial charge in [-0.05, 0) is 97.5 Å². The third-order valence-corrected chi connectivity index (χ3v) is 11.9. The molecule has 5 rings (SSSR count). The van der Waals surface area contributed by atoms with Gasteiger partial charge in [0, 0.05) is 47.5 Å². The number of benzene rings is 2. The van der Waals surface area contributed by atoms with Crippen molar-refractivity contribution in [2.75, 3.05) is 18.9 Å². The molecule has 1 saturated carbocycles. The molecule has 1 saturated heterocycles. The Kier molecular flexibility index (Phi) is 11.4. The van der Waals surface area contributed by atoms with Crippen molar-refractivity contribution in [1.29, 1.82) is 0 Å². The van der Waals surface area contributed by atoms with E-state index in [4.69, 9.17) is 9.72 Å². The molecule has 2 aliphatic rings. The van der Waals surface area contributed by atoms with Crippen molar-refractivity contribution in [3.8, 4) is 10.4 Å². The monoisotopic (exact) mass is 696 g/mol. The molecule has 0 radical (unpaired) electrons. The zero-order valence-electron chi connectivity index (χ0n) is 28.4. The molecule has 3 aromatic rings. The number of alkyl carbamates (subject to hydrolysis) is 1. The number of thiazole rings is 1. The van der Waals surface area contributed by atoms with Gasteiger partial charge in [-0.1, -0.05) is 36.4 Å². The molecular weight excluding hydrogens is 649 g/mol. The summed E-state index contributed by atoms with van der Waals surface area (Å²) in [5.41, 5.74) is 1.12. The lowest BCUT2D eigenvalue weighted by molar-refractivity contribution is 0.0578. The van der Waals surface area contributed by atoms with Gasteiger partial charge < -0.3 is 20.7 Å². The molecule has 2 aromatic carbocycles. The van der Waals surface area contributed by atoms with E-state index in [1.54, 1.807) is 39.1 Å². The van der Waals surface area contributed by atoms with Crippen LogP contribution in [0.25, 0.3) is 10.4 Å². The molecule has 1 aliphatic carbocycles. The summed E-state index contributed by atoms with van der Waals surface area (Å²) in [5.74, 6) is 0.214. The van der Waals surface area contributed by atoms with Crippen molar-refractivity contribution in [3.63, 3.8) is 0 Å². The number of amides is 3. The molecule has 260 valence electrons. The number of hydrogen-bond acceptors (Lipinski definition) is 8. The number of rotatable bonds is 10. The predicted molar refractivity (Wildman–Crippen MR) is 190 cm³/mol. The van der Waals surface area contributed by atoms with Crippen LogP contribution in [0.4, 0.5) is 15.3 Å². The van der Waals surface area contributed by atoms with Gasteiger partial charge in [0.1, 0.15) is 6.10 Å². The maximum atomic E-state index is 13.7. The summed E-state index contributed by atoms with van der Waals surface area (Å²) in [6, 6.07) is 14.3. The Morgan fingerprint density at radius 2 is 1.79 bits per heavy atom. The number of carbonyl (C=O) groups excluding carboxylic acids is 2. The minimum Gasteiger partial charge on any atom is -0.445 e. The molecule has 1 aromatic heterocycles. The lowest BCUT2D eigenvalue weighted by Crippen LogP contribution is -2.43. The van der Waals surface area contributed by atoms with Gasteiger partial charge in [0.25, 0.3) is 0 Å². The maximum Gasteiger partial charge on any atom is 0.407 e. The SMILES string of the molecule is C[C@@H](OC(=O)NC1CCC(c2ncc(-c3ccc(NC(=O)NCc4ccccc4)cc3S(=O)(=O)NC(C)(C)C)s2)CC1)[C@@H]1CCCN1C. The minimum atomic E-state index is -3.96. The highest BCUT2D eigenvalue weighted by molar-refractivity contribution is 7.89. The second-order valence-electron chi connectivity index (χ2n) is 13.9. The first-order valence-corrected chi connectivity index (χ1v) is 19.0. The number of urea groups is 1. The van der Waals surface area contributed by atoms with E-state index in [1.807, 2.05) is 37.3 Å². The molecule has 0 spiro atoms. The van der Waals surface area contributed by atoms with E-state index in [2.05, 4.69) is 32.6 Å². The van der Waals surface area contributed by atoms with Crippen LogP contribution in [0, 0.1) is 0 Å². The number of likely N-dealkylation sites (tertiary alicyclic amines) is 1. The zero-order valence-corrected chi connectivity index (χ0v) is 30.0. The van der Waals surface area contributed by atoms with Crippen molar-refractivity contribution in [2.24, 2.45) is 0 Å². The number of hydrogen-bond donors (Lipinski definition) is 4. The summed E-state index contributed by atoms with van der Waals surface area (Å²) in [6.45, 7) is 8.69. The Hall–Kier alpha value is -3.52. The van der Waals surface area contributed by atoms with Gasteiger partial charge >= 0.3 is 12.1 Å². The summed E-state index contributed by atoms with van der Waals surface area (Å²) in [7, 11) is -1.89. The highest BCUT2D eigenvalue weighted by atomic mass is 32.2. The van der Waals surface area contributed by atoms with Crippen molar-refractivity contribution in [1.82, 2.24) is 25.2 Å². The van der Waals surface area contributed by atoms with Gasteiger partial charge in [-0.3, -0.25) is 4.90 Å².